The highest BCUT2D eigenvalue weighted by Crippen LogP contribution is 2.25. The van der Waals surface area contributed by atoms with Crippen LogP contribution in [-0.2, 0) is 11.3 Å². The molecule has 144 valence electrons. The van der Waals surface area contributed by atoms with Crippen molar-refractivity contribution in [1.29, 1.82) is 0 Å². The maximum Gasteiger partial charge on any atom is 0.269 e. The van der Waals surface area contributed by atoms with Gasteiger partial charge in [0, 0.05) is 30.1 Å². The minimum Gasteiger partial charge on any atom is -0.355 e. The number of hydrogen-bond acceptors (Lipinski definition) is 5. The smallest absolute Gasteiger partial charge is 0.269 e. The van der Waals surface area contributed by atoms with Gasteiger partial charge in [0.25, 0.3) is 5.69 Å². The van der Waals surface area contributed by atoms with E-state index in [9.17, 15) is 14.9 Å². The van der Waals surface area contributed by atoms with Gasteiger partial charge in [0.15, 0.2) is 0 Å². The Bertz CT molecular complexity index is 738. The molecule has 2 aromatic carbocycles. The molecule has 1 unspecified atom stereocenters. The van der Waals surface area contributed by atoms with Crippen LogP contribution in [-0.4, -0.2) is 41.1 Å². The molecule has 0 aliphatic heterocycles. The summed E-state index contributed by atoms with van der Waals surface area (Å²) in [4.78, 5) is 25.5. The Morgan fingerprint density at radius 3 is 2.48 bits per heavy atom. The molecule has 0 saturated heterocycles. The third kappa shape index (κ3) is 7.40. The molecule has 0 aliphatic carbocycles. The summed E-state index contributed by atoms with van der Waals surface area (Å²) in [6, 6.07) is 16.5. The van der Waals surface area contributed by atoms with Crippen molar-refractivity contribution in [2.45, 2.75) is 30.0 Å². The number of amides is 1. The molecule has 0 bridgehead atoms. The molecule has 0 radical (unpaired) electrons. The summed E-state index contributed by atoms with van der Waals surface area (Å²) in [5.74, 6) is -0.0240. The standard InChI is InChI=1S/C20H25N3O3S/c1-16(27-19-11-9-18(10-12-19)23(25)26)20(24)21-13-6-14-22(2)15-17-7-4-3-5-8-17/h3-5,7-12,16H,6,13-15H2,1-2H3,(H,21,24). The molecule has 2 rings (SSSR count). The molecule has 0 saturated carbocycles. The number of rotatable bonds is 10. The number of carbonyl (C=O) groups is 1. The minimum atomic E-state index is -0.431. The lowest BCUT2D eigenvalue weighted by Crippen LogP contribution is -2.33. The average Bonchev–Trinajstić information content (AvgIpc) is 2.66. The molecular weight excluding hydrogens is 362 g/mol. The van der Waals surface area contributed by atoms with Crippen LogP contribution >= 0.6 is 11.8 Å². The van der Waals surface area contributed by atoms with Crippen molar-refractivity contribution in [1.82, 2.24) is 10.2 Å². The summed E-state index contributed by atoms with van der Waals surface area (Å²) in [5, 5.41) is 13.4. The Labute approximate surface area is 164 Å². The van der Waals surface area contributed by atoms with Crippen LogP contribution in [0.15, 0.2) is 59.5 Å². The van der Waals surface area contributed by atoms with Gasteiger partial charge in [-0.2, -0.15) is 0 Å². The fourth-order valence-corrected chi connectivity index (χ4v) is 3.47. The van der Waals surface area contributed by atoms with Crippen LogP contribution in [0.2, 0.25) is 0 Å². The van der Waals surface area contributed by atoms with Crippen molar-refractivity contribution in [2.24, 2.45) is 0 Å². The van der Waals surface area contributed by atoms with Crippen LogP contribution in [0, 0.1) is 10.1 Å². The molecular formula is C20H25N3O3S. The highest BCUT2D eigenvalue weighted by molar-refractivity contribution is 8.00. The average molecular weight is 388 g/mol. The molecule has 0 fully saturated rings. The van der Waals surface area contributed by atoms with Gasteiger partial charge in [-0.1, -0.05) is 30.3 Å². The molecule has 0 spiro atoms. The Balaban J connectivity index is 1.66. The molecule has 2 aromatic rings. The first-order valence-electron chi connectivity index (χ1n) is 8.87. The normalized spacial score (nSPS) is 12.0. The van der Waals surface area contributed by atoms with Gasteiger partial charge in [-0.3, -0.25) is 14.9 Å². The van der Waals surface area contributed by atoms with Crippen LogP contribution in [0.25, 0.3) is 0 Å². The molecule has 0 aromatic heterocycles. The molecule has 0 aliphatic rings. The van der Waals surface area contributed by atoms with Crippen molar-refractivity contribution in [2.75, 3.05) is 20.1 Å². The van der Waals surface area contributed by atoms with Gasteiger partial charge in [0.05, 0.1) is 10.2 Å². The number of benzene rings is 2. The Hall–Kier alpha value is -2.38. The summed E-state index contributed by atoms with van der Waals surface area (Å²) in [6.45, 7) is 4.26. The second-order valence-electron chi connectivity index (χ2n) is 6.38. The van der Waals surface area contributed by atoms with E-state index in [0.717, 1.165) is 24.4 Å². The molecule has 1 atom stereocenters. The van der Waals surface area contributed by atoms with Gasteiger partial charge in [-0.25, -0.2) is 0 Å². The fraction of sp³-hybridized carbons (Fsp3) is 0.350. The lowest BCUT2D eigenvalue weighted by molar-refractivity contribution is -0.384. The maximum absolute atomic E-state index is 12.2. The predicted molar refractivity (Wildman–Crippen MR) is 109 cm³/mol. The molecule has 7 heteroatoms. The first-order valence-corrected chi connectivity index (χ1v) is 9.75. The van der Waals surface area contributed by atoms with Gasteiger partial charge >= 0.3 is 0 Å². The van der Waals surface area contributed by atoms with E-state index in [1.807, 2.05) is 25.1 Å². The number of carbonyl (C=O) groups excluding carboxylic acids is 1. The zero-order valence-electron chi connectivity index (χ0n) is 15.6. The zero-order valence-corrected chi connectivity index (χ0v) is 16.4. The third-order valence-corrected chi connectivity index (χ3v) is 5.15. The first kappa shape index (κ1) is 20.9. The highest BCUT2D eigenvalue weighted by Gasteiger charge is 2.14. The van der Waals surface area contributed by atoms with E-state index >= 15 is 0 Å². The Kier molecular flexibility index (Phi) is 8.29. The van der Waals surface area contributed by atoms with Gasteiger partial charge in [0.1, 0.15) is 0 Å². The summed E-state index contributed by atoms with van der Waals surface area (Å²) in [6.07, 6.45) is 0.879. The molecule has 0 heterocycles. The largest absolute Gasteiger partial charge is 0.355 e. The molecule has 1 N–H and O–H groups in total. The van der Waals surface area contributed by atoms with E-state index in [0.29, 0.717) is 6.54 Å². The summed E-state index contributed by atoms with van der Waals surface area (Å²) >= 11 is 1.39. The fourth-order valence-electron chi connectivity index (χ4n) is 2.58. The van der Waals surface area contributed by atoms with Crippen LogP contribution in [0.3, 0.4) is 0 Å². The van der Waals surface area contributed by atoms with Crippen LogP contribution in [0.5, 0.6) is 0 Å². The van der Waals surface area contributed by atoms with E-state index in [1.165, 1.54) is 29.5 Å². The Morgan fingerprint density at radius 1 is 1.19 bits per heavy atom. The van der Waals surface area contributed by atoms with Gasteiger partial charge in [-0.15, -0.1) is 11.8 Å². The van der Waals surface area contributed by atoms with Crippen molar-refractivity contribution in [3.8, 4) is 0 Å². The van der Waals surface area contributed by atoms with E-state index in [1.54, 1.807) is 12.1 Å². The number of nitro benzene ring substituents is 1. The maximum atomic E-state index is 12.2. The quantitative estimate of drug-likeness (QED) is 0.291. The lowest BCUT2D eigenvalue weighted by Gasteiger charge is -2.17. The summed E-state index contributed by atoms with van der Waals surface area (Å²) in [7, 11) is 2.07. The minimum absolute atomic E-state index is 0.0240. The summed E-state index contributed by atoms with van der Waals surface area (Å²) < 4.78 is 0. The number of nitro groups is 1. The molecule has 27 heavy (non-hydrogen) atoms. The predicted octanol–water partition coefficient (Wildman–Crippen LogP) is 3.71. The topological polar surface area (TPSA) is 75.5 Å². The van der Waals surface area contributed by atoms with Crippen LogP contribution in [0.1, 0.15) is 18.9 Å². The van der Waals surface area contributed by atoms with Crippen LogP contribution in [0.4, 0.5) is 5.69 Å². The number of nitrogens with one attached hydrogen (secondary N) is 1. The first-order chi connectivity index (χ1) is 13.0. The van der Waals surface area contributed by atoms with Gasteiger partial charge in [-0.05, 0) is 44.6 Å². The second kappa shape index (κ2) is 10.7. The van der Waals surface area contributed by atoms with E-state index in [-0.39, 0.29) is 16.8 Å². The molecule has 1 amide bonds. The SMILES string of the molecule is CC(Sc1ccc([N+](=O)[O-])cc1)C(=O)NCCCN(C)Cc1ccccc1. The van der Waals surface area contributed by atoms with Gasteiger partial charge in [0.2, 0.25) is 5.91 Å². The number of thioether (sulfide) groups is 1. The van der Waals surface area contributed by atoms with Gasteiger partial charge < -0.3 is 10.2 Å². The monoisotopic (exact) mass is 387 g/mol. The zero-order chi connectivity index (χ0) is 19.6. The second-order valence-corrected chi connectivity index (χ2v) is 7.79. The highest BCUT2D eigenvalue weighted by atomic mass is 32.2. The number of non-ortho nitro benzene ring substituents is 1. The number of nitrogens with zero attached hydrogens (tertiary/aromatic N) is 2. The third-order valence-electron chi connectivity index (χ3n) is 4.04. The van der Waals surface area contributed by atoms with E-state index in [4.69, 9.17) is 0 Å². The van der Waals surface area contributed by atoms with E-state index < -0.39 is 4.92 Å². The summed E-state index contributed by atoms with van der Waals surface area (Å²) in [5.41, 5.74) is 1.33. The van der Waals surface area contributed by atoms with Crippen molar-refractivity contribution in [3.05, 3.63) is 70.3 Å². The van der Waals surface area contributed by atoms with Crippen molar-refractivity contribution >= 4 is 23.4 Å². The number of hydrogen-bond donors (Lipinski definition) is 1. The van der Waals surface area contributed by atoms with E-state index in [2.05, 4.69) is 29.4 Å². The lowest BCUT2D eigenvalue weighted by atomic mass is 10.2. The van der Waals surface area contributed by atoms with Crippen molar-refractivity contribution in [3.63, 3.8) is 0 Å². The van der Waals surface area contributed by atoms with Crippen molar-refractivity contribution < 1.29 is 9.72 Å². The Morgan fingerprint density at radius 2 is 1.85 bits per heavy atom. The molecule has 6 nitrogen and oxygen atoms in total. The van der Waals surface area contributed by atoms with Crippen LogP contribution < -0.4 is 5.32 Å².